The summed E-state index contributed by atoms with van der Waals surface area (Å²) in [6.45, 7) is 2.30. The first-order chi connectivity index (χ1) is 14.8. The van der Waals surface area contributed by atoms with Crippen molar-refractivity contribution in [3.8, 4) is 11.5 Å². The number of nitrogens with zero attached hydrogens (tertiary/aromatic N) is 2. The van der Waals surface area contributed by atoms with Crippen molar-refractivity contribution in [3.05, 3.63) is 48.0 Å². The Morgan fingerprint density at radius 1 is 1.13 bits per heavy atom. The summed E-state index contributed by atoms with van der Waals surface area (Å²) in [5.41, 5.74) is 2.04. The topological polar surface area (TPSA) is 92.3 Å². The van der Waals surface area contributed by atoms with Gasteiger partial charge in [-0.2, -0.15) is 0 Å². The van der Waals surface area contributed by atoms with Crippen LogP contribution in [0.2, 0.25) is 0 Å². The van der Waals surface area contributed by atoms with Gasteiger partial charge in [-0.1, -0.05) is 12.1 Å². The Labute approximate surface area is 184 Å². The van der Waals surface area contributed by atoms with E-state index >= 15 is 0 Å². The number of sulfone groups is 1. The molecule has 9 heteroatoms. The van der Waals surface area contributed by atoms with Crippen LogP contribution in [-0.2, 0) is 16.4 Å². The van der Waals surface area contributed by atoms with Crippen molar-refractivity contribution in [2.75, 3.05) is 45.5 Å². The van der Waals surface area contributed by atoms with E-state index in [-0.39, 0.29) is 6.04 Å². The van der Waals surface area contributed by atoms with Gasteiger partial charge in [0.25, 0.3) is 0 Å². The molecule has 3 rings (SSSR count). The Kier molecular flexibility index (Phi) is 7.27. The van der Waals surface area contributed by atoms with Gasteiger partial charge >= 0.3 is 0 Å². The summed E-state index contributed by atoms with van der Waals surface area (Å²) in [5, 5.41) is 6.76. The zero-order valence-corrected chi connectivity index (χ0v) is 19.2. The second-order valence-corrected chi connectivity index (χ2v) is 9.50. The van der Waals surface area contributed by atoms with Crippen LogP contribution in [0.15, 0.2) is 52.4 Å². The Balaban J connectivity index is 1.56. The lowest BCUT2D eigenvalue weighted by Crippen LogP contribution is -2.44. The van der Waals surface area contributed by atoms with E-state index < -0.39 is 9.84 Å². The molecule has 1 saturated heterocycles. The number of nitrogens with one attached hydrogen (secondary N) is 2. The van der Waals surface area contributed by atoms with Crippen molar-refractivity contribution in [1.29, 1.82) is 0 Å². The molecule has 2 aromatic carbocycles. The van der Waals surface area contributed by atoms with Crippen molar-refractivity contribution in [1.82, 2.24) is 10.6 Å². The van der Waals surface area contributed by atoms with Crippen LogP contribution in [0, 0.1) is 0 Å². The van der Waals surface area contributed by atoms with E-state index in [0.717, 1.165) is 42.3 Å². The van der Waals surface area contributed by atoms with Gasteiger partial charge in [-0.15, -0.1) is 0 Å². The van der Waals surface area contributed by atoms with E-state index in [2.05, 4.69) is 20.5 Å². The molecule has 1 aliphatic rings. The average molecular weight is 447 g/mol. The highest BCUT2D eigenvalue weighted by atomic mass is 32.2. The minimum absolute atomic E-state index is 0.246. The molecule has 0 radical (unpaired) electrons. The lowest BCUT2D eigenvalue weighted by molar-refractivity contribution is 0.394. The average Bonchev–Trinajstić information content (AvgIpc) is 3.24. The minimum Gasteiger partial charge on any atom is -0.497 e. The largest absolute Gasteiger partial charge is 0.497 e. The van der Waals surface area contributed by atoms with E-state index in [1.165, 1.54) is 6.26 Å². The molecule has 1 fully saturated rings. The molecular formula is C22H30N4O4S. The lowest BCUT2D eigenvalue weighted by atomic mass is 10.2. The third kappa shape index (κ3) is 6.04. The number of hydrogen-bond donors (Lipinski definition) is 2. The molecule has 8 nitrogen and oxygen atoms in total. The standard InChI is InChI=1S/C22H30N4O4S/c1-23-22(24-14-16-5-7-21(8-6-16)31(4,27)28)25-17-9-10-26(15-17)18-11-19(29-2)13-20(12-18)30-3/h5-8,11-13,17H,9-10,14-15H2,1-4H3,(H2,23,24,25). The molecule has 0 spiro atoms. The Bertz CT molecular complexity index is 1000. The van der Waals surface area contributed by atoms with Crippen molar-refractivity contribution >= 4 is 21.5 Å². The molecule has 0 saturated carbocycles. The van der Waals surface area contributed by atoms with Crippen LogP contribution in [-0.4, -0.2) is 61.0 Å². The molecule has 1 aliphatic heterocycles. The monoisotopic (exact) mass is 446 g/mol. The minimum atomic E-state index is -3.19. The fraction of sp³-hybridized carbons (Fsp3) is 0.409. The van der Waals surface area contributed by atoms with Crippen LogP contribution in [0.3, 0.4) is 0 Å². The van der Waals surface area contributed by atoms with Crippen LogP contribution in [0.1, 0.15) is 12.0 Å². The van der Waals surface area contributed by atoms with Gasteiger partial charge in [0, 0.05) is 62.9 Å². The van der Waals surface area contributed by atoms with Crippen molar-refractivity contribution in [2.24, 2.45) is 4.99 Å². The fourth-order valence-corrected chi connectivity index (χ4v) is 4.15. The van der Waals surface area contributed by atoms with Crippen LogP contribution in [0.25, 0.3) is 0 Å². The molecule has 0 amide bonds. The van der Waals surface area contributed by atoms with Gasteiger partial charge in [-0.05, 0) is 24.1 Å². The maximum absolute atomic E-state index is 11.6. The Hall–Kier alpha value is -2.94. The van der Waals surface area contributed by atoms with Gasteiger partial charge in [0.15, 0.2) is 15.8 Å². The highest BCUT2D eigenvalue weighted by Gasteiger charge is 2.24. The molecule has 0 aromatic heterocycles. The molecule has 31 heavy (non-hydrogen) atoms. The van der Waals surface area contributed by atoms with E-state index in [1.54, 1.807) is 33.4 Å². The van der Waals surface area contributed by atoms with Crippen LogP contribution < -0.4 is 25.0 Å². The van der Waals surface area contributed by atoms with Crippen LogP contribution in [0.5, 0.6) is 11.5 Å². The molecule has 0 aliphatic carbocycles. The molecule has 1 atom stereocenters. The first kappa shape index (κ1) is 22.7. The quantitative estimate of drug-likeness (QED) is 0.497. The normalized spacial score (nSPS) is 16.8. The van der Waals surface area contributed by atoms with Gasteiger partial charge in [-0.25, -0.2) is 8.42 Å². The van der Waals surface area contributed by atoms with Crippen molar-refractivity contribution in [3.63, 3.8) is 0 Å². The predicted octanol–water partition coefficient (Wildman–Crippen LogP) is 2.05. The molecular weight excluding hydrogens is 416 g/mol. The van der Waals surface area contributed by atoms with Crippen molar-refractivity contribution < 1.29 is 17.9 Å². The molecule has 168 valence electrons. The lowest BCUT2D eigenvalue weighted by Gasteiger charge is -2.21. The Morgan fingerprint density at radius 3 is 2.32 bits per heavy atom. The summed E-state index contributed by atoms with van der Waals surface area (Å²) in [6, 6.07) is 13.0. The fourth-order valence-electron chi connectivity index (χ4n) is 3.52. The van der Waals surface area contributed by atoms with E-state index in [4.69, 9.17) is 9.47 Å². The predicted molar refractivity (Wildman–Crippen MR) is 123 cm³/mol. The summed E-state index contributed by atoms with van der Waals surface area (Å²) in [4.78, 5) is 6.93. The molecule has 2 N–H and O–H groups in total. The van der Waals surface area contributed by atoms with Gasteiger partial charge in [0.1, 0.15) is 11.5 Å². The Morgan fingerprint density at radius 2 is 1.77 bits per heavy atom. The number of aliphatic imine (C=N–C) groups is 1. The number of guanidine groups is 1. The summed E-state index contributed by atoms with van der Waals surface area (Å²) in [7, 11) is 1.85. The van der Waals surface area contributed by atoms with E-state index in [9.17, 15) is 8.42 Å². The molecule has 0 bridgehead atoms. The first-order valence-corrected chi connectivity index (χ1v) is 12.0. The molecule has 1 unspecified atom stereocenters. The molecule has 2 aromatic rings. The van der Waals surface area contributed by atoms with Gasteiger partial charge in [0.05, 0.1) is 19.1 Å². The summed E-state index contributed by atoms with van der Waals surface area (Å²) in [5.74, 6) is 2.25. The third-order valence-corrected chi connectivity index (χ3v) is 6.39. The zero-order valence-electron chi connectivity index (χ0n) is 18.4. The summed E-state index contributed by atoms with van der Waals surface area (Å²) < 4.78 is 33.9. The first-order valence-electron chi connectivity index (χ1n) is 10.1. The SMILES string of the molecule is CN=C(NCc1ccc(S(C)(=O)=O)cc1)NC1CCN(c2cc(OC)cc(OC)c2)C1. The summed E-state index contributed by atoms with van der Waals surface area (Å²) >= 11 is 0. The highest BCUT2D eigenvalue weighted by molar-refractivity contribution is 7.90. The number of ether oxygens (including phenoxy) is 2. The maximum atomic E-state index is 11.6. The van der Waals surface area contributed by atoms with Gasteiger partial charge in [0.2, 0.25) is 0 Å². The van der Waals surface area contributed by atoms with Crippen molar-refractivity contribution in [2.45, 2.75) is 23.9 Å². The number of benzene rings is 2. The highest BCUT2D eigenvalue weighted by Crippen LogP contribution is 2.30. The smallest absolute Gasteiger partial charge is 0.191 e. The van der Waals surface area contributed by atoms with Crippen LogP contribution >= 0.6 is 0 Å². The van der Waals surface area contributed by atoms with E-state index in [1.807, 2.05) is 30.3 Å². The zero-order chi connectivity index (χ0) is 22.4. The van der Waals surface area contributed by atoms with Gasteiger partial charge in [-0.3, -0.25) is 4.99 Å². The molecule has 1 heterocycles. The number of methoxy groups -OCH3 is 2. The second kappa shape index (κ2) is 9.91. The summed E-state index contributed by atoms with van der Waals surface area (Å²) in [6.07, 6.45) is 2.18. The number of anilines is 1. The van der Waals surface area contributed by atoms with Gasteiger partial charge < -0.3 is 25.0 Å². The van der Waals surface area contributed by atoms with Crippen LogP contribution in [0.4, 0.5) is 5.69 Å². The van der Waals surface area contributed by atoms with E-state index in [0.29, 0.717) is 17.4 Å². The number of hydrogen-bond acceptors (Lipinski definition) is 6. The number of rotatable bonds is 7. The third-order valence-electron chi connectivity index (χ3n) is 5.27. The maximum Gasteiger partial charge on any atom is 0.191 e. The second-order valence-electron chi connectivity index (χ2n) is 7.49.